The molecule has 2 aliphatic rings. The summed E-state index contributed by atoms with van der Waals surface area (Å²) in [6.07, 6.45) is 8.75. The summed E-state index contributed by atoms with van der Waals surface area (Å²) >= 11 is 0. The molecule has 2 fully saturated rings. The lowest BCUT2D eigenvalue weighted by Gasteiger charge is -2.36. The number of hydrogen-bond acceptors (Lipinski definition) is 3. The van der Waals surface area contributed by atoms with Crippen LogP contribution in [0.5, 0.6) is 0 Å². The van der Waals surface area contributed by atoms with Crippen LogP contribution in [0.2, 0.25) is 0 Å². The van der Waals surface area contributed by atoms with Crippen LogP contribution in [0.4, 0.5) is 4.79 Å². The van der Waals surface area contributed by atoms with E-state index in [2.05, 4.69) is 17.6 Å². The molecule has 5 nitrogen and oxygen atoms in total. The Hall–Kier alpha value is -1.10. The number of amides is 3. The summed E-state index contributed by atoms with van der Waals surface area (Å²) in [5.41, 5.74) is -0.830. The van der Waals surface area contributed by atoms with Gasteiger partial charge >= 0.3 is 6.03 Å². The largest absolute Gasteiger partial charge is 0.378 e. The van der Waals surface area contributed by atoms with Gasteiger partial charge in [-0.25, -0.2) is 4.79 Å². The van der Waals surface area contributed by atoms with Crippen LogP contribution >= 0.6 is 0 Å². The molecule has 1 aliphatic carbocycles. The predicted molar refractivity (Wildman–Crippen MR) is 76.3 cm³/mol. The summed E-state index contributed by atoms with van der Waals surface area (Å²) in [4.78, 5) is 23.8. The molecule has 20 heavy (non-hydrogen) atoms. The predicted octanol–water partition coefficient (Wildman–Crippen LogP) is 2.35. The number of nitrogens with one attached hydrogen (secondary N) is 2. The first-order valence-electron chi connectivity index (χ1n) is 7.90. The Labute approximate surface area is 120 Å². The molecule has 1 unspecified atom stereocenters. The third kappa shape index (κ3) is 3.32. The summed E-state index contributed by atoms with van der Waals surface area (Å²) in [5, 5.41) is 5.24. The zero-order valence-electron chi connectivity index (χ0n) is 12.4. The topological polar surface area (TPSA) is 67.4 Å². The second kappa shape index (κ2) is 7.07. The van der Waals surface area contributed by atoms with Crippen LogP contribution in [-0.2, 0) is 9.53 Å². The molecule has 2 N–H and O–H groups in total. The first-order chi connectivity index (χ1) is 9.69. The average molecular weight is 282 g/mol. The maximum Gasteiger partial charge on any atom is 0.322 e. The Kier molecular flexibility index (Phi) is 5.40. The SMILES string of the molecule is CCCCCOCC1(C2CCCCC2)NC(=O)NC1=O. The van der Waals surface area contributed by atoms with Gasteiger partial charge in [-0.15, -0.1) is 0 Å². The average Bonchev–Trinajstić information content (AvgIpc) is 2.75. The van der Waals surface area contributed by atoms with E-state index in [0.29, 0.717) is 13.2 Å². The van der Waals surface area contributed by atoms with E-state index in [0.717, 1.165) is 44.9 Å². The lowest BCUT2D eigenvalue weighted by molar-refractivity contribution is -0.129. The normalized spacial score (nSPS) is 27.4. The van der Waals surface area contributed by atoms with Gasteiger partial charge in [-0.05, 0) is 25.2 Å². The van der Waals surface area contributed by atoms with Crippen molar-refractivity contribution >= 4 is 11.9 Å². The van der Waals surface area contributed by atoms with Gasteiger partial charge in [0.2, 0.25) is 0 Å². The molecule has 1 atom stereocenters. The fourth-order valence-corrected chi connectivity index (χ4v) is 3.29. The fraction of sp³-hybridized carbons (Fsp3) is 0.867. The highest BCUT2D eigenvalue weighted by atomic mass is 16.5. The minimum absolute atomic E-state index is 0.203. The van der Waals surface area contributed by atoms with E-state index in [-0.39, 0.29) is 17.9 Å². The lowest BCUT2D eigenvalue weighted by Crippen LogP contribution is -2.57. The number of rotatable bonds is 7. The van der Waals surface area contributed by atoms with Crippen molar-refractivity contribution < 1.29 is 14.3 Å². The van der Waals surface area contributed by atoms with Gasteiger partial charge in [0.25, 0.3) is 5.91 Å². The van der Waals surface area contributed by atoms with E-state index in [1.807, 2.05) is 0 Å². The van der Waals surface area contributed by atoms with Crippen LogP contribution in [0, 0.1) is 5.92 Å². The van der Waals surface area contributed by atoms with Gasteiger partial charge in [-0.2, -0.15) is 0 Å². The van der Waals surface area contributed by atoms with Gasteiger partial charge < -0.3 is 10.1 Å². The molecule has 114 valence electrons. The molecule has 0 aromatic rings. The van der Waals surface area contributed by atoms with Crippen molar-refractivity contribution in [1.29, 1.82) is 0 Å². The van der Waals surface area contributed by atoms with Crippen LogP contribution in [0.25, 0.3) is 0 Å². The smallest absolute Gasteiger partial charge is 0.322 e. The minimum atomic E-state index is -0.830. The molecule has 5 heteroatoms. The number of ether oxygens (including phenoxy) is 1. The quantitative estimate of drug-likeness (QED) is 0.556. The highest BCUT2D eigenvalue weighted by Gasteiger charge is 2.52. The van der Waals surface area contributed by atoms with E-state index in [1.165, 1.54) is 6.42 Å². The van der Waals surface area contributed by atoms with Crippen molar-refractivity contribution in [2.45, 2.75) is 63.8 Å². The molecular weight excluding hydrogens is 256 g/mol. The molecular formula is C15H26N2O3. The van der Waals surface area contributed by atoms with E-state index < -0.39 is 5.54 Å². The number of imide groups is 1. The molecule has 3 amide bonds. The van der Waals surface area contributed by atoms with Crippen LogP contribution in [0.3, 0.4) is 0 Å². The van der Waals surface area contributed by atoms with Crippen molar-refractivity contribution in [3.05, 3.63) is 0 Å². The Morgan fingerprint density at radius 1 is 1.20 bits per heavy atom. The van der Waals surface area contributed by atoms with Gasteiger partial charge in [-0.1, -0.05) is 39.0 Å². The molecule has 0 aromatic heterocycles. The summed E-state index contributed by atoms with van der Waals surface area (Å²) in [7, 11) is 0. The number of carbonyl (C=O) groups is 2. The van der Waals surface area contributed by atoms with E-state index in [4.69, 9.17) is 4.74 Å². The first kappa shape index (κ1) is 15.3. The molecule has 1 saturated carbocycles. The number of urea groups is 1. The van der Waals surface area contributed by atoms with Gasteiger partial charge in [0.05, 0.1) is 6.61 Å². The van der Waals surface area contributed by atoms with Crippen molar-refractivity contribution in [3.63, 3.8) is 0 Å². The number of unbranched alkanes of at least 4 members (excludes halogenated alkanes) is 2. The van der Waals surface area contributed by atoms with Crippen LogP contribution in [-0.4, -0.2) is 30.7 Å². The molecule has 1 heterocycles. The lowest BCUT2D eigenvalue weighted by atomic mass is 9.75. The Morgan fingerprint density at radius 3 is 2.55 bits per heavy atom. The van der Waals surface area contributed by atoms with Crippen LogP contribution in [0.1, 0.15) is 58.3 Å². The fourth-order valence-electron chi connectivity index (χ4n) is 3.29. The maximum absolute atomic E-state index is 12.3. The second-order valence-electron chi connectivity index (χ2n) is 5.97. The Bertz CT molecular complexity index is 353. The monoisotopic (exact) mass is 282 g/mol. The number of carbonyl (C=O) groups excluding carboxylic acids is 2. The second-order valence-corrected chi connectivity index (χ2v) is 5.97. The maximum atomic E-state index is 12.3. The van der Waals surface area contributed by atoms with Gasteiger partial charge in [0.1, 0.15) is 5.54 Å². The van der Waals surface area contributed by atoms with Crippen molar-refractivity contribution in [1.82, 2.24) is 10.6 Å². The molecule has 0 aromatic carbocycles. The number of hydrogen-bond donors (Lipinski definition) is 2. The summed E-state index contributed by atoms with van der Waals surface area (Å²) in [6, 6.07) is -0.377. The first-order valence-corrected chi connectivity index (χ1v) is 7.90. The van der Waals surface area contributed by atoms with Crippen molar-refractivity contribution in [2.24, 2.45) is 5.92 Å². The van der Waals surface area contributed by atoms with Crippen LogP contribution < -0.4 is 10.6 Å². The summed E-state index contributed by atoms with van der Waals surface area (Å²) < 4.78 is 5.72. The van der Waals surface area contributed by atoms with Crippen LogP contribution in [0.15, 0.2) is 0 Å². The molecule has 1 aliphatic heterocycles. The van der Waals surface area contributed by atoms with Gasteiger partial charge in [-0.3, -0.25) is 10.1 Å². The van der Waals surface area contributed by atoms with E-state index in [1.54, 1.807) is 0 Å². The van der Waals surface area contributed by atoms with Gasteiger partial charge in [0, 0.05) is 6.61 Å². The zero-order valence-corrected chi connectivity index (χ0v) is 12.4. The third-order valence-electron chi connectivity index (χ3n) is 4.49. The standard InChI is InChI=1S/C15H26N2O3/c1-2-3-7-10-20-11-15(12-8-5-4-6-9-12)13(18)16-14(19)17-15/h12H,2-11H2,1H3,(H2,16,17,18,19). The van der Waals surface area contributed by atoms with Crippen molar-refractivity contribution in [3.8, 4) is 0 Å². The molecule has 0 radical (unpaired) electrons. The third-order valence-corrected chi connectivity index (χ3v) is 4.49. The highest BCUT2D eigenvalue weighted by molar-refractivity contribution is 6.07. The minimum Gasteiger partial charge on any atom is -0.378 e. The van der Waals surface area contributed by atoms with Gasteiger partial charge in [0.15, 0.2) is 0 Å². The molecule has 1 saturated heterocycles. The van der Waals surface area contributed by atoms with Crippen molar-refractivity contribution in [2.75, 3.05) is 13.2 Å². The van der Waals surface area contributed by atoms with E-state index in [9.17, 15) is 9.59 Å². The Morgan fingerprint density at radius 2 is 1.95 bits per heavy atom. The highest BCUT2D eigenvalue weighted by Crippen LogP contribution is 2.35. The molecule has 0 bridgehead atoms. The summed E-state index contributed by atoms with van der Waals surface area (Å²) in [6.45, 7) is 3.11. The summed E-state index contributed by atoms with van der Waals surface area (Å²) in [5.74, 6) is -0.00114. The zero-order chi connectivity index (χ0) is 14.4. The molecule has 0 spiro atoms. The molecule has 2 rings (SSSR count). The van der Waals surface area contributed by atoms with E-state index >= 15 is 0 Å². The Balaban J connectivity index is 1.97.